The predicted molar refractivity (Wildman–Crippen MR) is 45.8 cm³/mol. The van der Waals surface area contributed by atoms with Crippen LogP contribution < -0.4 is 5.73 Å². The molecule has 58 valence electrons. The first-order chi connectivity index (χ1) is 5.83. The first-order valence-corrected chi connectivity index (χ1v) is 3.40. The Labute approximate surface area is 70.8 Å². The molecule has 12 heavy (non-hydrogen) atoms. The molecule has 0 saturated carbocycles. The lowest BCUT2D eigenvalue weighted by Gasteiger charge is -1.90. The number of anilines is 1. The molecule has 0 aliphatic carbocycles. The van der Waals surface area contributed by atoms with E-state index in [4.69, 9.17) is 11.0 Å². The largest absolute Gasteiger partial charge is 0.384 e. The highest BCUT2D eigenvalue weighted by atomic mass is 14.8. The molecular formula is C9H7N3. The molecule has 0 atom stereocenters. The van der Waals surface area contributed by atoms with E-state index in [1.807, 2.05) is 6.07 Å². The third-order valence-electron chi connectivity index (χ3n) is 1.18. The fourth-order valence-corrected chi connectivity index (χ4v) is 0.712. The highest BCUT2D eigenvalue weighted by Gasteiger charge is 1.87. The molecule has 0 fully saturated rings. The molecule has 0 saturated heterocycles. The minimum Gasteiger partial charge on any atom is -0.384 e. The maximum atomic E-state index is 8.21. The Hall–Kier alpha value is -2.00. The van der Waals surface area contributed by atoms with Gasteiger partial charge in [0.1, 0.15) is 5.82 Å². The van der Waals surface area contributed by atoms with Crippen LogP contribution in [-0.2, 0) is 0 Å². The van der Waals surface area contributed by atoms with E-state index in [1.165, 1.54) is 0 Å². The van der Waals surface area contributed by atoms with E-state index >= 15 is 0 Å². The molecule has 3 heteroatoms. The van der Waals surface area contributed by atoms with Crippen LogP contribution in [0.4, 0.5) is 5.82 Å². The normalized spacial score (nSPS) is 7.92. The number of aromatic nitrogens is 1. The Bertz CT molecular complexity index is 365. The van der Waals surface area contributed by atoms with Crippen LogP contribution in [0.15, 0.2) is 18.3 Å². The number of hydrogen-bond donors (Lipinski definition) is 1. The second kappa shape index (κ2) is 4.00. The minimum atomic E-state index is 0.238. The van der Waals surface area contributed by atoms with Crippen molar-refractivity contribution in [1.29, 1.82) is 5.26 Å². The van der Waals surface area contributed by atoms with Gasteiger partial charge in [0.15, 0.2) is 0 Å². The molecule has 0 unspecified atom stereocenters. The van der Waals surface area contributed by atoms with E-state index in [9.17, 15) is 0 Å². The van der Waals surface area contributed by atoms with Crippen LogP contribution in [0, 0.1) is 23.2 Å². The molecule has 3 nitrogen and oxygen atoms in total. The first-order valence-electron chi connectivity index (χ1n) is 3.40. The highest BCUT2D eigenvalue weighted by Crippen LogP contribution is 2.00. The van der Waals surface area contributed by atoms with E-state index < -0.39 is 0 Å². The molecule has 0 spiro atoms. The number of rotatable bonds is 0. The summed E-state index contributed by atoms with van der Waals surface area (Å²) in [5.41, 5.74) is 6.21. The lowest BCUT2D eigenvalue weighted by Crippen LogP contribution is -1.88. The van der Waals surface area contributed by atoms with Gasteiger partial charge in [-0.15, -0.1) is 0 Å². The second-order valence-corrected chi connectivity index (χ2v) is 2.11. The van der Waals surface area contributed by atoms with E-state index in [2.05, 4.69) is 16.8 Å². The number of pyridine rings is 1. The molecule has 0 aliphatic rings. The highest BCUT2D eigenvalue weighted by molar-refractivity contribution is 5.41. The third-order valence-corrected chi connectivity index (χ3v) is 1.18. The van der Waals surface area contributed by atoms with Gasteiger partial charge in [-0.2, -0.15) is 5.26 Å². The summed E-state index contributed by atoms with van der Waals surface area (Å²) in [6, 6.07) is 5.35. The van der Waals surface area contributed by atoms with Crippen molar-refractivity contribution in [2.45, 2.75) is 6.42 Å². The summed E-state index contributed by atoms with van der Waals surface area (Å²) in [6.07, 6.45) is 1.83. The molecule has 0 radical (unpaired) electrons. The van der Waals surface area contributed by atoms with Crippen LogP contribution in [0.25, 0.3) is 0 Å². The maximum absolute atomic E-state index is 8.21. The Kier molecular flexibility index (Phi) is 2.70. The van der Waals surface area contributed by atoms with Gasteiger partial charge in [-0.3, -0.25) is 0 Å². The summed E-state index contributed by atoms with van der Waals surface area (Å²) in [5.74, 6) is 5.92. The Balaban J connectivity index is 2.79. The van der Waals surface area contributed by atoms with E-state index in [0.29, 0.717) is 5.82 Å². The third kappa shape index (κ3) is 2.32. The first kappa shape index (κ1) is 8.10. The molecule has 0 aliphatic heterocycles. The van der Waals surface area contributed by atoms with Crippen LogP contribution in [0.1, 0.15) is 12.0 Å². The number of nitrogen functional groups attached to an aromatic ring is 1. The molecule has 1 aromatic rings. The van der Waals surface area contributed by atoms with Crippen molar-refractivity contribution in [2.75, 3.05) is 5.73 Å². The molecule has 1 rings (SSSR count). The summed E-state index contributed by atoms with van der Waals surface area (Å²) < 4.78 is 0. The Morgan fingerprint density at radius 2 is 2.42 bits per heavy atom. The lowest BCUT2D eigenvalue weighted by atomic mass is 10.2. The van der Waals surface area contributed by atoms with Gasteiger partial charge in [0.05, 0.1) is 12.5 Å². The quantitative estimate of drug-likeness (QED) is 0.570. The van der Waals surface area contributed by atoms with E-state index in [0.717, 1.165) is 5.56 Å². The molecule has 1 aromatic heterocycles. The average Bonchev–Trinajstić information content (AvgIpc) is 2.05. The van der Waals surface area contributed by atoms with Crippen LogP contribution in [0.5, 0.6) is 0 Å². The predicted octanol–water partition coefficient (Wildman–Crippen LogP) is 0.929. The molecule has 2 N–H and O–H groups in total. The van der Waals surface area contributed by atoms with Gasteiger partial charge in [-0.05, 0) is 12.1 Å². The maximum Gasteiger partial charge on any atom is 0.124 e. The standard InChI is InChI=1S/C9H7N3/c10-5-2-1-3-8-4-6-12-9(11)7-8/h4,6-7H,2H2,(H2,11,12). The van der Waals surface area contributed by atoms with Crippen LogP contribution >= 0.6 is 0 Å². The van der Waals surface area contributed by atoms with E-state index in [1.54, 1.807) is 18.3 Å². The Morgan fingerprint density at radius 3 is 3.08 bits per heavy atom. The number of nitrogens with two attached hydrogens (primary N) is 1. The van der Waals surface area contributed by atoms with Crippen LogP contribution in [0.3, 0.4) is 0 Å². The fraction of sp³-hybridized carbons (Fsp3) is 0.111. The van der Waals surface area contributed by atoms with Gasteiger partial charge in [-0.1, -0.05) is 11.8 Å². The van der Waals surface area contributed by atoms with Gasteiger partial charge in [0, 0.05) is 11.8 Å². The zero-order chi connectivity index (χ0) is 8.81. The lowest BCUT2D eigenvalue weighted by molar-refractivity contribution is 1.33. The molecule has 0 aromatic carbocycles. The molecule has 1 heterocycles. The summed E-state index contributed by atoms with van der Waals surface area (Å²) >= 11 is 0. The monoisotopic (exact) mass is 157 g/mol. The summed E-state index contributed by atoms with van der Waals surface area (Å²) in [4.78, 5) is 3.81. The summed E-state index contributed by atoms with van der Waals surface area (Å²) in [7, 11) is 0. The number of hydrogen-bond acceptors (Lipinski definition) is 3. The van der Waals surface area contributed by atoms with Crippen molar-refractivity contribution in [3.05, 3.63) is 23.9 Å². The Morgan fingerprint density at radius 1 is 1.58 bits per heavy atom. The van der Waals surface area contributed by atoms with Crippen LogP contribution in [-0.4, -0.2) is 4.98 Å². The second-order valence-electron chi connectivity index (χ2n) is 2.11. The van der Waals surface area contributed by atoms with Crippen molar-refractivity contribution in [3.8, 4) is 17.9 Å². The van der Waals surface area contributed by atoms with Gasteiger partial charge >= 0.3 is 0 Å². The van der Waals surface area contributed by atoms with Gasteiger partial charge in [-0.25, -0.2) is 4.98 Å². The molecule has 0 amide bonds. The van der Waals surface area contributed by atoms with Crippen molar-refractivity contribution in [1.82, 2.24) is 4.98 Å². The minimum absolute atomic E-state index is 0.238. The SMILES string of the molecule is N#CCC#Cc1ccnc(N)c1. The number of nitriles is 1. The van der Waals surface area contributed by atoms with Gasteiger partial charge in [0.2, 0.25) is 0 Å². The van der Waals surface area contributed by atoms with Crippen molar-refractivity contribution in [3.63, 3.8) is 0 Å². The summed E-state index contributed by atoms with van der Waals surface area (Å²) in [6.45, 7) is 0. The zero-order valence-electron chi connectivity index (χ0n) is 6.41. The van der Waals surface area contributed by atoms with Crippen molar-refractivity contribution in [2.24, 2.45) is 0 Å². The van der Waals surface area contributed by atoms with Crippen LogP contribution in [0.2, 0.25) is 0 Å². The number of nitrogens with zero attached hydrogens (tertiary/aromatic N) is 2. The molecule has 0 bridgehead atoms. The zero-order valence-corrected chi connectivity index (χ0v) is 6.41. The average molecular weight is 157 g/mol. The smallest absolute Gasteiger partial charge is 0.124 e. The van der Waals surface area contributed by atoms with Gasteiger partial charge < -0.3 is 5.73 Å². The molecular weight excluding hydrogens is 150 g/mol. The fourth-order valence-electron chi connectivity index (χ4n) is 0.712. The topological polar surface area (TPSA) is 62.7 Å². The van der Waals surface area contributed by atoms with Crippen molar-refractivity contribution >= 4 is 5.82 Å². The summed E-state index contributed by atoms with van der Waals surface area (Å²) in [5, 5.41) is 8.21. The van der Waals surface area contributed by atoms with Gasteiger partial charge in [0.25, 0.3) is 0 Å². The van der Waals surface area contributed by atoms with Crippen molar-refractivity contribution < 1.29 is 0 Å². The van der Waals surface area contributed by atoms with E-state index in [-0.39, 0.29) is 6.42 Å².